The largest absolute Gasteiger partial charge is 0.481 e. The van der Waals surface area contributed by atoms with Crippen LogP contribution < -0.4 is 10.6 Å². The molecule has 3 atom stereocenters. The molecule has 3 aromatic carbocycles. The van der Waals surface area contributed by atoms with Crippen molar-refractivity contribution in [1.82, 2.24) is 0 Å². The van der Waals surface area contributed by atoms with Gasteiger partial charge in [0.25, 0.3) is 0 Å². The summed E-state index contributed by atoms with van der Waals surface area (Å²) in [5.41, 5.74) is 4.19. The van der Waals surface area contributed by atoms with Crippen LogP contribution in [0.15, 0.2) is 101 Å². The average molecular weight is 655 g/mol. The van der Waals surface area contributed by atoms with Gasteiger partial charge in [-0.05, 0) is 56.0 Å². The third-order valence-electron chi connectivity index (χ3n) is 7.65. The molecule has 2 amide bonds. The molecule has 46 heavy (non-hydrogen) atoms. The van der Waals surface area contributed by atoms with Crippen LogP contribution in [0.2, 0.25) is 0 Å². The van der Waals surface area contributed by atoms with E-state index in [9.17, 15) is 24.3 Å². The van der Waals surface area contributed by atoms with E-state index in [-0.39, 0.29) is 18.4 Å². The Balaban J connectivity index is 1.40. The number of thiophene rings is 1. The molecule has 0 radical (unpaired) electrons. The van der Waals surface area contributed by atoms with Crippen molar-refractivity contribution in [3.05, 3.63) is 113 Å². The number of allylic oxidation sites excluding steroid dienone is 2. The van der Waals surface area contributed by atoms with Gasteiger partial charge in [0.15, 0.2) is 0 Å². The predicted molar refractivity (Wildman–Crippen MR) is 182 cm³/mol. The zero-order valence-corrected chi connectivity index (χ0v) is 27.0. The topological polar surface area (TPSA) is 122 Å². The number of hydrogen-bond acceptors (Lipinski definition) is 7. The quantitative estimate of drug-likeness (QED) is 0.0852. The standard InChI is InChI=1S/C36H34N2O6S2/c1-3-44-36(43)30-29(23-18-16-22(2)17-19-23)21-45-34(30)38-33(40)31(24-10-5-4-6-11-24)46-26-13-9-12-25(20-26)37-32(39)27-14-7-8-15-28(27)35(41)42/h4-13,16-21,27-28,31H,3,14-15H2,1-2H3,(H,37,39)(H,38,40)(H,41,42). The van der Waals surface area contributed by atoms with Crippen molar-refractivity contribution >= 4 is 57.5 Å². The molecular formula is C36H34N2O6S2. The summed E-state index contributed by atoms with van der Waals surface area (Å²) >= 11 is 2.57. The number of rotatable bonds is 11. The van der Waals surface area contributed by atoms with Crippen LogP contribution in [0.1, 0.15) is 46.5 Å². The molecule has 3 unspecified atom stereocenters. The minimum Gasteiger partial charge on any atom is -0.481 e. The molecule has 0 spiro atoms. The van der Waals surface area contributed by atoms with Crippen molar-refractivity contribution in [2.75, 3.05) is 17.2 Å². The van der Waals surface area contributed by atoms with E-state index in [0.717, 1.165) is 21.6 Å². The van der Waals surface area contributed by atoms with Gasteiger partial charge in [0, 0.05) is 21.5 Å². The van der Waals surface area contributed by atoms with Crippen LogP contribution in [-0.2, 0) is 19.1 Å². The molecule has 0 fully saturated rings. The van der Waals surface area contributed by atoms with Gasteiger partial charge in [-0.2, -0.15) is 0 Å². The Morgan fingerprint density at radius 2 is 1.65 bits per heavy atom. The summed E-state index contributed by atoms with van der Waals surface area (Å²) < 4.78 is 5.38. The Hall–Kier alpha value is -4.67. The fraction of sp³-hybridized carbons (Fsp3) is 0.222. The van der Waals surface area contributed by atoms with Crippen molar-refractivity contribution in [1.29, 1.82) is 0 Å². The molecule has 1 heterocycles. The molecule has 1 aliphatic rings. The highest BCUT2D eigenvalue weighted by Crippen LogP contribution is 2.41. The molecule has 1 aromatic heterocycles. The number of esters is 1. The molecular weight excluding hydrogens is 621 g/mol. The van der Waals surface area contributed by atoms with Crippen LogP contribution in [0, 0.1) is 18.8 Å². The van der Waals surface area contributed by atoms with Crippen LogP contribution in [0.25, 0.3) is 11.1 Å². The number of ether oxygens (including phenoxy) is 1. The first kappa shape index (κ1) is 32.7. The van der Waals surface area contributed by atoms with E-state index in [1.807, 2.05) is 79.0 Å². The highest BCUT2D eigenvalue weighted by molar-refractivity contribution is 8.00. The fourth-order valence-electron chi connectivity index (χ4n) is 5.27. The third kappa shape index (κ3) is 7.75. The SMILES string of the molecule is CCOC(=O)c1c(-c2ccc(C)cc2)csc1NC(=O)C(Sc1cccc(NC(=O)C2CC=CCC2C(=O)O)c1)c1ccccc1. The Bertz CT molecular complexity index is 1750. The van der Waals surface area contributed by atoms with Gasteiger partial charge in [0.1, 0.15) is 15.8 Å². The molecule has 4 aromatic rings. The van der Waals surface area contributed by atoms with Gasteiger partial charge < -0.3 is 20.5 Å². The first-order valence-corrected chi connectivity index (χ1v) is 16.7. The molecule has 0 bridgehead atoms. The first-order chi connectivity index (χ1) is 22.2. The molecule has 0 saturated heterocycles. The maximum absolute atomic E-state index is 14.0. The number of thioether (sulfide) groups is 1. The van der Waals surface area contributed by atoms with Crippen molar-refractivity contribution in [3.8, 4) is 11.1 Å². The number of aryl methyl sites for hydroxylation is 1. The number of benzene rings is 3. The Morgan fingerprint density at radius 1 is 0.935 bits per heavy atom. The average Bonchev–Trinajstić information content (AvgIpc) is 3.48. The number of carbonyl (C=O) groups excluding carboxylic acids is 3. The molecule has 0 aliphatic heterocycles. The fourth-order valence-corrected chi connectivity index (χ4v) is 7.32. The van der Waals surface area contributed by atoms with Crippen LogP contribution in [-0.4, -0.2) is 35.5 Å². The van der Waals surface area contributed by atoms with Crippen LogP contribution in [0.5, 0.6) is 0 Å². The normalized spacial score (nSPS) is 16.3. The number of carboxylic acid groups (broad SMARTS) is 1. The van der Waals surface area contributed by atoms with E-state index in [2.05, 4.69) is 10.6 Å². The molecule has 1 aliphatic carbocycles. The smallest absolute Gasteiger partial charge is 0.341 e. The molecule has 8 nitrogen and oxygen atoms in total. The Labute approximate surface area is 275 Å². The number of nitrogens with one attached hydrogen (secondary N) is 2. The van der Waals surface area contributed by atoms with E-state index >= 15 is 0 Å². The first-order valence-electron chi connectivity index (χ1n) is 14.9. The number of anilines is 2. The lowest BCUT2D eigenvalue weighted by Gasteiger charge is -2.24. The highest BCUT2D eigenvalue weighted by Gasteiger charge is 2.34. The zero-order chi connectivity index (χ0) is 32.6. The third-order valence-corrected chi connectivity index (χ3v) is 9.80. The molecule has 3 N–H and O–H groups in total. The van der Waals surface area contributed by atoms with Gasteiger partial charge >= 0.3 is 11.9 Å². The van der Waals surface area contributed by atoms with E-state index in [1.165, 1.54) is 23.1 Å². The van der Waals surface area contributed by atoms with Crippen LogP contribution in [0.3, 0.4) is 0 Å². The lowest BCUT2D eigenvalue weighted by Crippen LogP contribution is -2.34. The van der Waals surface area contributed by atoms with E-state index in [4.69, 9.17) is 4.74 Å². The molecule has 5 rings (SSSR count). The maximum atomic E-state index is 14.0. The van der Waals surface area contributed by atoms with Crippen LogP contribution >= 0.6 is 23.1 Å². The molecule has 10 heteroatoms. The second-order valence-electron chi connectivity index (χ2n) is 10.8. The lowest BCUT2D eigenvalue weighted by atomic mass is 9.82. The monoisotopic (exact) mass is 654 g/mol. The predicted octanol–water partition coefficient (Wildman–Crippen LogP) is 7.98. The minimum absolute atomic E-state index is 0.194. The van der Waals surface area contributed by atoms with Gasteiger partial charge in [0.2, 0.25) is 11.8 Å². The van der Waals surface area contributed by atoms with E-state index in [1.54, 1.807) is 31.2 Å². The minimum atomic E-state index is -0.992. The number of amides is 2. The summed E-state index contributed by atoms with van der Waals surface area (Å²) in [6, 6.07) is 24.2. The van der Waals surface area contributed by atoms with Crippen molar-refractivity contribution in [2.45, 2.75) is 36.8 Å². The summed E-state index contributed by atoms with van der Waals surface area (Å²) in [4.78, 5) is 52.7. The number of carbonyl (C=O) groups is 4. The second-order valence-corrected chi connectivity index (χ2v) is 12.9. The summed E-state index contributed by atoms with van der Waals surface area (Å²) in [6.45, 7) is 3.92. The number of aliphatic carboxylic acids is 1. The van der Waals surface area contributed by atoms with Gasteiger partial charge in [0.05, 0.1) is 18.4 Å². The number of hydrogen-bond donors (Lipinski definition) is 3. The summed E-state index contributed by atoms with van der Waals surface area (Å²) in [5.74, 6) is -3.65. The second kappa shape index (κ2) is 15.1. The Kier molecular flexibility index (Phi) is 10.7. The van der Waals surface area contributed by atoms with Crippen molar-refractivity contribution in [3.63, 3.8) is 0 Å². The summed E-state index contributed by atoms with van der Waals surface area (Å²) in [6.07, 6.45) is 4.30. The van der Waals surface area contributed by atoms with Gasteiger partial charge in [-0.25, -0.2) is 4.79 Å². The van der Waals surface area contributed by atoms with Crippen molar-refractivity contribution in [2.24, 2.45) is 11.8 Å². The maximum Gasteiger partial charge on any atom is 0.341 e. The summed E-state index contributed by atoms with van der Waals surface area (Å²) in [5, 5.41) is 17.0. The highest BCUT2D eigenvalue weighted by atomic mass is 32.2. The van der Waals surface area contributed by atoms with Crippen LogP contribution in [0.4, 0.5) is 10.7 Å². The zero-order valence-electron chi connectivity index (χ0n) is 25.4. The van der Waals surface area contributed by atoms with Gasteiger partial charge in [-0.1, -0.05) is 78.4 Å². The summed E-state index contributed by atoms with van der Waals surface area (Å²) in [7, 11) is 0. The number of carboxylic acids is 1. The van der Waals surface area contributed by atoms with Crippen molar-refractivity contribution < 1.29 is 29.0 Å². The van der Waals surface area contributed by atoms with E-state index in [0.29, 0.717) is 34.7 Å². The van der Waals surface area contributed by atoms with E-state index < -0.39 is 29.0 Å². The van der Waals surface area contributed by atoms with Gasteiger partial charge in [-0.3, -0.25) is 14.4 Å². The lowest BCUT2D eigenvalue weighted by molar-refractivity contribution is -0.146. The van der Waals surface area contributed by atoms with Gasteiger partial charge in [-0.15, -0.1) is 23.1 Å². The molecule has 0 saturated carbocycles. The Morgan fingerprint density at radius 3 is 2.35 bits per heavy atom. The molecule has 236 valence electrons.